The van der Waals surface area contributed by atoms with Gasteiger partial charge in [-0.1, -0.05) is 50.5 Å². The number of fused-ring (bicyclic) bond motifs is 2. The quantitative estimate of drug-likeness (QED) is 0.313. The maximum Gasteiger partial charge on any atom is 4.00 e. The molecule has 0 aliphatic carbocycles. The van der Waals surface area contributed by atoms with Gasteiger partial charge in [0.05, 0.1) is 5.52 Å². The van der Waals surface area contributed by atoms with Crippen molar-refractivity contribution in [3.05, 3.63) is 102 Å². The van der Waals surface area contributed by atoms with Crippen LogP contribution in [0.5, 0.6) is 0 Å². The number of unbranched alkanes of at least 4 members (excludes halogenated alkanes) is 1. The maximum atomic E-state index is 2.33. The van der Waals surface area contributed by atoms with Crippen molar-refractivity contribution in [1.82, 2.24) is 4.57 Å². The molecule has 5 rings (SSSR count). The molecule has 1 aromatic heterocycles. The van der Waals surface area contributed by atoms with Crippen molar-refractivity contribution in [2.75, 3.05) is 0 Å². The maximum absolute atomic E-state index is 2.33. The molecule has 0 bridgehead atoms. The topological polar surface area (TPSA) is 4.93 Å². The first-order valence-corrected chi connectivity index (χ1v) is 10.2. The normalized spacial score (nSPS) is 9.87. The molecular weight excluding hydrogens is 500 g/mol. The van der Waals surface area contributed by atoms with Gasteiger partial charge in [0.1, 0.15) is 0 Å². The average molecular weight is 528 g/mol. The number of rotatable bonds is 4. The number of benzene rings is 2. The summed E-state index contributed by atoms with van der Waals surface area (Å²) in [5, 5.41) is 3.90. The van der Waals surface area contributed by atoms with Crippen molar-refractivity contribution in [3.63, 3.8) is 0 Å². The Balaban J connectivity index is 0.000000348. The van der Waals surface area contributed by atoms with Crippen LogP contribution in [-0.4, -0.2) is 4.57 Å². The van der Waals surface area contributed by atoms with Crippen molar-refractivity contribution in [2.45, 2.75) is 33.1 Å². The van der Waals surface area contributed by atoms with Crippen LogP contribution in [0, 0.1) is 6.92 Å². The van der Waals surface area contributed by atoms with Crippen LogP contribution < -0.4 is 24.8 Å². The van der Waals surface area contributed by atoms with Crippen LogP contribution in [0.4, 0.5) is 0 Å². The molecule has 0 saturated carbocycles. The molecule has 5 aromatic rings. The Morgan fingerprint density at radius 2 is 1.48 bits per heavy atom. The molecule has 0 N–H and O–H groups in total. The van der Waals surface area contributed by atoms with Crippen LogP contribution in [0.2, 0.25) is 0 Å². The van der Waals surface area contributed by atoms with Gasteiger partial charge in [0.15, 0.2) is 0 Å². The van der Waals surface area contributed by atoms with Crippen molar-refractivity contribution in [2.24, 2.45) is 0 Å². The molecular formula is C27H27Cl2NZr. The zero-order valence-electron chi connectivity index (χ0n) is 18.0. The molecule has 0 spiro atoms. The summed E-state index contributed by atoms with van der Waals surface area (Å²) < 4.78 is 2.33. The Kier molecular flexibility index (Phi) is 11.6. The summed E-state index contributed by atoms with van der Waals surface area (Å²) in [4.78, 5) is 0. The third-order valence-corrected chi connectivity index (χ3v) is 5.31. The SMILES string of the molecule is CCCC[c-]1cccc1.Cc1cc2ccccc2n1-c1cc2ccccc2[cH-]1.[Cl-].[Cl-].[Zr+4]. The van der Waals surface area contributed by atoms with Crippen molar-refractivity contribution in [1.29, 1.82) is 0 Å². The minimum absolute atomic E-state index is 0. The zero-order valence-corrected chi connectivity index (χ0v) is 22.0. The van der Waals surface area contributed by atoms with Crippen LogP contribution >= 0.6 is 0 Å². The van der Waals surface area contributed by atoms with E-state index in [1.54, 1.807) is 0 Å². The van der Waals surface area contributed by atoms with E-state index in [2.05, 4.69) is 109 Å². The molecule has 0 radical (unpaired) electrons. The number of aryl methyl sites for hydroxylation is 2. The monoisotopic (exact) mass is 525 g/mol. The summed E-state index contributed by atoms with van der Waals surface area (Å²) in [6.45, 7) is 4.39. The Bertz CT molecular complexity index is 1140. The van der Waals surface area contributed by atoms with Crippen molar-refractivity contribution >= 4 is 21.7 Å². The third-order valence-electron chi connectivity index (χ3n) is 5.31. The second kappa shape index (κ2) is 13.1. The smallest absolute Gasteiger partial charge is 1.00 e. The van der Waals surface area contributed by atoms with E-state index in [0.717, 1.165) is 0 Å². The number of hydrogen-bond donors (Lipinski definition) is 0. The van der Waals surface area contributed by atoms with E-state index in [1.807, 2.05) is 0 Å². The number of para-hydroxylation sites is 1. The van der Waals surface area contributed by atoms with E-state index in [4.69, 9.17) is 0 Å². The third kappa shape index (κ3) is 6.45. The van der Waals surface area contributed by atoms with Gasteiger partial charge in [-0.05, 0) is 24.7 Å². The van der Waals surface area contributed by atoms with Gasteiger partial charge in [0, 0.05) is 11.1 Å². The van der Waals surface area contributed by atoms with E-state index >= 15 is 0 Å². The molecule has 0 atom stereocenters. The van der Waals surface area contributed by atoms with Crippen LogP contribution in [0.15, 0.2) is 91.0 Å². The van der Waals surface area contributed by atoms with Crippen molar-refractivity contribution in [3.8, 4) is 5.69 Å². The molecule has 0 aliphatic rings. The molecule has 1 heterocycles. The van der Waals surface area contributed by atoms with Gasteiger partial charge in [0.2, 0.25) is 0 Å². The Morgan fingerprint density at radius 1 is 0.839 bits per heavy atom. The summed E-state index contributed by atoms with van der Waals surface area (Å²) >= 11 is 0. The van der Waals surface area contributed by atoms with E-state index in [1.165, 1.54) is 57.9 Å². The number of hydrogen-bond acceptors (Lipinski definition) is 0. The number of nitrogens with zero attached hydrogens (tertiary/aromatic N) is 1. The van der Waals surface area contributed by atoms with E-state index < -0.39 is 0 Å². The molecule has 0 amide bonds. The van der Waals surface area contributed by atoms with E-state index in [9.17, 15) is 0 Å². The molecule has 4 aromatic carbocycles. The fourth-order valence-corrected chi connectivity index (χ4v) is 3.86. The predicted octanol–water partition coefficient (Wildman–Crippen LogP) is 1.56. The largest absolute Gasteiger partial charge is 4.00 e. The predicted molar refractivity (Wildman–Crippen MR) is 122 cm³/mol. The van der Waals surface area contributed by atoms with Gasteiger partial charge < -0.3 is 29.4 Å². The molecule has 0 aliphatic heterocycles. The van der Waals surface area contributed by atoms with Crippen LogP contribution in [-0.2, 0) is 32.6 Å². The first-order chi connectivity index (χ1) is 13.8. The summed E-state index contributed by atoms with van der Waals surface area (Å²) in [6.07, 6.45) is 3.87. The second-order valence-corrected chi connectivity index (χ2v) is 7.42. The van der Waals surface area contributed by atoms with Crippen LogP contribution in [0.3, 0.4) is 0 Å². The van der Waals surface area contributed by atoms with Crippen LogP contribution in [0.25, 0.3) is 27.4 Å². The van der Waals surface area contributed by atoms with Gasteiger partial charge in [0.25, 0.3) is 0 Å². The molecule has 0 unspecified atom stereocenters. The van der Waals surface area contributed by atoms with Crippen LogP contribution in [0.1, 0.15) is 31.0 Å². The summed E-state index contributed by atoms with van der Waals surface area (Å²) in [5.41, 5.74) is 5.28. The Morgan fingerprint density at radius 3 is 2.16 bits per heavy atom. The number of halogens is 2. The van der Waals surface area contributed by atoms with Gasteiger partial charge in [-0.3, -0.25) is 0 Å². The molecule has 31 heavy (non-hydrogen) atoms. The Labute approximate surface area is 217 Å². The fraction of sp³-hybridized carbons (Fsp3) is 0.185. The molecule has 0 fully saturated rings. The molecule has 0 saturated heterocycles. The first-order valence-electron chi connectivity index (χ1n) is 10.2. The molecule has 4 heteroatoms. The standard InChI is InChI=1S/C18H14N.C9H13.2ClH.Zr/c1-13-10-16-8-4-5-9-18(16)19(13)17-11-14-6-2-3-7-15(14)12-17;1-2-3-6-9-7-4-5-8-9;;;/h2-12H,1H3;4-5,7-8H,2-3,6H2,1H3;2*1H;/q2*-1;;;+4/p-2. The zero-order chi connectivity index (χ0) is 19.3. The summed E-state index contributed by atoms with van der Waals surface area (Å²) in [6, 6.07) is 32.4. The van der Waals surface area contributed by atoms with Gasteiger partial charge in [-0.25, -0.2) is 12.1 Å². The average Bonchev–Trinajstić information content (AvgIpc) is 3.44. The van der Waals surface area contributed by atoms with E-state index in [0.29, 0.717) is 0 Å². The van der Waals surface area contributed by atoms with Crippen molar-refractivity contribution < 1.29 is 51.0 Å². The van der Waals surface area contributed by atoms with Gasteiger partial charge in [-0.2, -0.15) is 17.7 Å². The summed E-state index contributed by atoms with van der Waals surface area (Å²) in [5.74, 6) is 0. The second-order valence-electron chi connectivity index (χ2n) is 7.42. The fourth-order valence-electron chi connectivity index (χ4n) is 3.86. The molecule has 1 nitrogen and oxygen atoms in total. The first kappa shape index (κ1) is 27.4. The summed E-state index contributed by atoms with van der Waals surface area (Å²) in [7, 11) is 0. The molecule has 158 valence electrons. The van der Waals surface area contributed by atoms with Gasteiger partial charge >= 0.3 is 26.2 Å². The minimum atomic E-state index is 0. The minimum Gasteiger partial charge on any atom is -1.00 e. The van der Waals surface area contributed by atoms with Gasteiger partial charge in [-0.15, -0.1) is 41.1 Å². The Hall–Kier alpha value is -1.60. The van der Waals surface area contributed by atoms with E-state index in [-0.39, 0.29) is 51.0 Å². The number of aromatic nitrogens is 1.